The zero-order valence-electron chi connectivity index (χ0n) is 60.6. The summed E-state index contributed by atoms with van der Waals surface area (Å²) >= 11 is 0. The summed E-state index contributed by atoms with van der Waals surface area (Å²) in [5.41, 5.74) is 0. The molecule has 0 radical (unpaired) electrons. The van der Waals surface area contributed by atoms with Gasteiger partial charge in [-0.2, -0.15) is 0 Å². The van der Waals surface area contributed by atoms with Crippen molar-refractivity contribution in [1.29, 1.82) is 0 Å². The highest BCUT2D eigenvalue weighted by atomic mass is 31.2. The van der Waals surface area contributed by atoms with Gasteiger partial charge in [0.15, 0.2) is 6.10 Å². The molecule has 2 atom stereocenters. The van der Waals surface area contributed by atoms with Crippen molar-refractivity contribution in [2.45, 2.75) is 290 Å². The average molecular weight is 1320 g/mol. The van der Waals surface area contributed by atoms with Crippen LogP contribution in [0.2, 0.25) is 0 Å². The summed E-state index contributed by atoms with van der Waals surface area (Å²) in [5.74, 6) is -0.819. The van der Waals surface area contributed by atoms with Crippen molar-refractivity contribution in [3.8, 4) is 0 Å². The molecule has 0 bridgehead atoms. The second-order valence-corrected chi connectivity index (χ2v) is 27.0. The van der Waals surface area contributed by atoms with Crippen LogP contribution in [0.4, 0.5) is 0 Å². The first-order chi connectivity index (χ1) is 46.0. The SMILES string of the molecule is CC/C=C\C/C=C\C/C=C\C/C=C\C/C=C\C/C=C\C/C=C\C/C=C\C/C=C\C/C=C\CCCCCCCCC(=O)OC(COC(=O)CCCCCCCCCCCCCCCCCCC/C=C\C/C=C\C/C=C\C/C=C\C/C=C\CC)COP(=O)(O)OCC[N+](C)(C)C. The first kappa shape index (κ1) is 89.1. The number of allylic oxidation sites excluding steroid dienone is 30. The third-order valence-electron chi connectivity index (χ3n) is 15.4. The van der Waals surface area contributed by atoms with Crippen LogP contribution >= 0.6 is 7.82 Å². The first-order valence-corrected chi connectivity index (χ1v) is 39.0. The summed E-state index contributed by atoms with van der Waals surface area (Å²) in [6.45, 7) is 4.19. The second kappa shape index (κ2) is 72.4. The van der Waals surface area contributed by atoms with Crippen molar-refractivity contribution < 1.29 is 42.1 Å². The Morgan fingerprint density at radius 1 is 0.330 bits per heavy atom. The molecule has 532 valence electrons. The third kappa shape index (κ3) is 76.1. The largest absolute Gasteiger partial charge is 0.472 e. The van der Waals surface area contributed by atoms with Gasteiger partial charge in [0.05, 0.1) is 27.7 Å². The van der Waals surface area contributed by atoms with E-state index in [9.17, 15) is 19.0 Å². The van der Waals surface area contributed by atoms with Crippen molar-refractivity contribution in [2.24, 2.45) is 0 Å². The third-order valence-corrected chi connectivity index (χ3v) is 16.4. The minimum Gasteiger partial charge on any atom is -0.462 e. The topological polar surface area (TPSA) is 108 Å². The molecule has 10 heteroatoms. The van der Waals surface area contributed by atoms with Gasteiger partial charge in [-0.25, -0.2) is 4.57 Å². The van der Waals surface area contributed by atoms with Gasteiger partial charge >= 0.3 is 19.8 Å². The number of quaternary nitrogens is 1. The summed E-state index contributed by atoms with van der Waals surface area (Å²) < 4.78 is 34.7. The molecule has 0 aliphatic heterocycles. The van der Waals surface area contributed by atoms with Crippen LogP contribution in [0.1, 0.15) is 284 Å². The van der Waals surface area contributed by atoms with Crippen LogP contribution in [-0.4, -0.2) is 74.9 Å². The summed E-state index contributed by atoms with van der Waals surface area (Å²) in [4.78, 5) is 35.9. The fourth-order valence-electron chi connectivity index (χ4n) is 9.78. The van der Waals surface area contributed by atoms with E-state index in [2.05, 4.69) is 196 Å². The molecule has 0 heterocycles. The van der Waals surface area contributed by atoms with E-state index in [4.69, 9.17) is 18.5 Å². The van der Waals surface area contributed by atoms with Crippen molar-refractivity contribution in [1.82, 2.24) is 0 Å². The fourth-order valence-corrected chi connectivity index (χ4v) is 10.5. The zero-order chi connectivity index (χ0) is 68.3. The van der Waals surface area contributed by atoms with Crippen LogP contribution in [0.25, 0.3) is 0 Å². The number of esters is 2. The highest BCUT2D eigenvalue weighted by Crippen LogP contribution is 2.43. The number of ether oxygens (including phenoxy) is 2. The predicted molar refractivity (Wildman–Crippen MR) is 408 cm³/mol. The van der Waals surface area contributed by atoms with Crippen LogP contribution in [0.3, 0.4) is 0 Å². The molecule has 0 spiro atoms. The predicted octanol–water partition coefficient (Wildman–Crippen LogP) is 25.0. The maximum absolute atomic E-state index is 12.9. The molecule has 0 saturated heterocycles. The quantitative estimate of drug-likeness (QED) is 0.0211. The van der Waals surface area contributed by atoms with E-state index in [1.165, 1.54) is 96.3 Å². The molecule has 0 aliphatic carbocycles. The second-order valence-electron chi connectivity index (χ2n) is 25.6. The Bertz CT molecular complexity index is 2240. The maximum atomic E-state index is 12.9. The summed E-state index contributed by atoms with van der Waals surface area (Å²) in [6.07, 6.45) is 111. The number of carbonyl (C=O) groups excluding carboxylic acids is 2. The Balaban J connectivity index is 4.11. The molecule has 2 unspecified atom stereocenters. The van der Waals surface area contributed by atoms with Crippen LogP contribution in [0.5, 0.6) is 0 Å². The minimum absolute atomic E-state index is 0.0202. The van der Waals surface area contributed by atoms with Crippen LogP contribution in [0.15, 0.2) is 182 Å². The molecule has 9 nitrogen and oxygen atoms in total. The minimum atomic E-state index is -4.41. The van der Waals surface area contributed by atoms with Gasteiger partial charge in [0.2, 0.25) is 0 Å². The molecular weight excluding hydrogens is 1180 g/mol. The van der Waals surface area contributed by atoms with Gasteiger partial charge in [0.25, 0.3) is 0 Å². The lowest BCUT2D eigenvalue weighted by atomic mass is 10.0. The van der Waals surface area contributed by atoms with E-state index in [0.717, 1.165) is 154 Å². The molecule has 0 aromatic heterocycles. The number of hydrogen-bond acceptors (Lipinski definition) is 7. The highest BCUT2D eigenvalue weighted by Gasteiger charge is 2.27. The number of phosphoric acid groups is 1. The van der Waals surface area contributed by atoms with E-state index >= 15 is 0 Å². The molecule has 0 rings (SSSR count). The normalized spacial score (nSPS) is 14.1. The number of nitrogens with zero attached hydrogens (tertiary/aromatic N) is 1. The maximum Gasteiger partial charge on any atom is 0.472 e. The number of hydrogen-bond donors (Lipinski definition) is 1. The van der Waals surface area contributed by atoms with Crippen LogP contribution in [-0.2, 0) is 32.7 Å². The summed E-state index contributed by atoms with van der Waals surface area (Å²) in [6, 6.07) is 0. The first-order valence-electron chi connectivity index (χ1n) is 37.5. The van der Waals surface area contributed by atoms with Crippen molar-refractivity contribution in [3.05, 3.63) is 182 Å². The van der Waals surface area contributed by atoms with E-state index < -0.39 is 26.5 Å². The van der Waals surface area contributed by atoms with Gasteiger partial charge in [0, 0.05) is 12.8 Å². The molecule has 0 aromatic carbocycles. The van der Waals surface area contributed by atoms with Gasteiger partial charge in [-0.1, -0.05) is 318 Å². The Hall–Kier alpha value is -4.89. The zero-order valence-corrected chi connectivity index (χ0v) is 61.5. The number of carbonyl (C=O) groups is 2. The van der Waals surface area contributed by atoms with E-state index in [0.29, 0.717) is 17.4 Å². The van der Waals surface area contributed by atoms with Crippen LogP contribution < -0.4 is 0 Å². The lowest BCUT2D eigenvalue weighted by Gasteiger charge is -2.24. The Kier molecular flexibility index (Phi) is 68.6. The molecule has 1 N–H and O–H groups in total. The fraction of sp³-hybridized carbons (Fsp3) is 0.619. The summed E-state index contributed by atoms with van der Waals surface area (Å²) in [5, 5.41) is 0. The molecule has 0 aromatic rings. The van der Waals surface area contributed by atoms with Crippen molar-refractivity contribution in [3.63, 3.8) is 0 Å². The molecule has 0 amide bonds. The molecule has 0 aliphatic rings. The van der Waals surface area contributed by atoms with Crippen molar-refractivity contribution in [2.75, 3.05) is 47.5 Å². The lowest BCUT2D eigenvalue weighted by molar-refractivity contribution is -0.870. The Morgan fingerprint density at radius 2 is 0.574 bits per heavy atom. The van der Waals surface area contributed by atoms with Gasteiger partial charge in [0.1, 0.15) is 19.8 Å². The highest BCUT2D eigenvalue weighted by molar-refractivity contribution is 7.47. The van der Waals surface area contributed by atoms with Gasteiger partial charge in [-0.3, -0.25) is 18.6 Å². The molecule has 94 heavy (non-hydrogen) atoms. The number of likely N-dealkylation sites (N-methyl/N-ethyl adjacent to an activating group) is 1. The molecule has 0 fully saturated rings. The summed E-state index contributed by atoms with van der Waals surface area (Å²) in [7, 11) is 1.45. The number of rotatable bonds is 67. The average Bonchev–Trinajstić information content (AvgIpc) is 1.56. The molecular formula is C84H139NO8P+. The molecule has 0 saturated carbocycles. The van der Waals surface area contributed by atoms with Gasteiger partial charge in [-0.15, -0.1) is 0 Å². The standard InChI is InChI=1S/C84H138NO8P/c1-6-8-10-12-14-16-18-20-22-24-26-28-30-32-34-36-38-40-41-42-43-45-47-49-51-53-55-57-59-61-63-65-67-69-71-73-75-77-84(87)93-82(81-92-94(88,89)91-79-78-85(3,4)5)80-90-83(86)76-74-72-70-68-66-64-62-60-58-56-54-52-50-48-46-44-39-37-35-33-31-29-27-25-23-21-19-17-15-13-11-9-7-2/h8-11,14-17,20-23,26-29,32-35,38,40,42-43,47,49,53,55,59,61,82H,6-7,12-13,18-19,24-25,30-31,36-37,39,41,44-46,48,50-52,54,56-58,60,62-81H2,1-5H3/p+1/b10-8-,11-9-,16-14-,17-15-,22-20-,23-21-,28-26-,29-27-,34-32-,35-33-,40-38-,43-42-,49-47-,55-53-,61-59-. The van der Waals surface area contributed by atoms with Gasteiger partial charge < -0.3 is 18.9 Å². The van der Waals surface area contributed by atoms with E-state index in [-0.39, 0.29) is 32.0 Å². The van der Waals surface area contributed by atoms with Crippen molar-refractivity contribution >= 4 is 19.8 Å². The number of unbranched alkanes of at least 4 members (excludes halogenated alkanes) is 23. The number of phosphoric ester groups is 1. The van der Waals surface area contributed by atoms with E-state index in [1.54, 1.807) is 0 Å². The lowest BCUT2D eigenvalue weighted by Crippen LogP contribution is -2.37. The van der Waals surface area contributed by atoms with Gasteiger partial charge in [-0.05, 0) is 135 Å². The van der Waals surface area contributed by atoms with E-state index in [1.807, 2.05) is 21.1 Å². The smallest absolute Gasteiger partial charge is 0.462 e. The van der Waals surface area contributed by atoms with Crippen LogP contribution in [0, 0.1) is 0 Å². The Morgan fingerprint density at radius 3 is 0.851 bits per heavy atom. The monoisotopic (exact) mass is 1320 g/mol. The Labute approximate surface area is 578 Å².